The van der Waals surface area contributed by atoms with E-state index in [2.05, 4.69) is 21.3 Å². The van der Waals surface area contributed by atoms with Crippen LogP contribution in [-0.4, -0.2) is 30.0 Å². The fourth-order valence-electron chi connectivity index (χ4n) is 2.58. The number of nitrogens with zero attached hydrogens (tertiary/aromatic N) is 3. The third-order valence-corrected chi connectivity index (χ3v) is 3.96. The molecule has 3 rings (SSSR count). The zero-order chi connectivity index (χ0) is 13.9. The molecule has 1 aromatic rings. The highest BCUT2D eigenvalue weighted by molar-refractivity contribution is 5.81. The van der Waals surface area contributed by atoms with Crippen LogP contribution >= 0.6 is 0 Å². The van der Waals surface area contributed by atoms with Gasteiger partial charge in [0.1, 0.15) is 17.6 Å². The molecule has 20 heavy (non-hydrogen) atoms. The minimum atomic E-state index is 0.230. The maximum absolute atomic E-state index is 11.7. The van der Waals surface area contributed by atoms with E-state index in [1.807, 2.05) is 12.1 Å². The van der Waals surface area contributed by atoms with Crippen molar-refractivity contribution in [2.45, 2.75) is 31.7 Å². The van der Waals surface area contributed by atoms with Gasteiger partial charge in [-0.3, -0.25) is 4.79 Å². The monoisotopic (exact) mass is 270 g/mol. The Morgan fingerprint density at radius 3 is 2.70 bits per heavy atom. The molecule has 0 atom stereocenters. The molecule has 2 heterocycles. The SMILES string of the molecule is N#Cc1cccc(N2CCC(NC(=O)C3CC3)CC2)n1. The molecule has 1 saturated heterocycles. The quantitative estimate of drug-likeness (QED) is 0.902. The van der Waals surface area contributed by atoms with E-state index in [0.29, 0.717) is 11.7 Å². The van der Waals surface area contributed by atoms with E-state index in [4.69, 9.17) is 5.26 Å². The van der Waals surface area contributed by atoms with Crippen molar-refractivity contribution < 1.29 is 4.79 Å². The second-order valence-electron chi connectivity index (χ2n) is 5.54. The van der Waals surface area contributed by atoms with Crippen molar-refractivity contribution >= 4 is 11.7 Å². The molecule has 0 unspecified atom stereocenters. The van der Waals surface area contributed by atoms with Crippen molar-refractivity contribution in [3.63, 3.8) is 0 Å². The Morgan fingerprint density at radius 1 is 1.30 bits per heavy atom. The summed E-state index contributed by atoms with van der Waals surface area (Å²) in [4.78, 5) is 18.2. The molecule has 104 valence electrons. The summed E-state index contributed by atoms with van der Waals surface area (Å²) in [6.45, 7) is 1.75. The molecule has 1 amide bonds. The number of aromatic nitrogens is 1. The van der Waals surface area contributed by atoms with Gasteiger partial charge in [-0.05, 0) is 37.8 Å². The summed E-state index contributed by atoms with van der Waals surface area (Å²) in [5, 5.41) is 12.0. The Hall–Kier alpha value is -2.09. The van der Waals surface area contributed by atoms with Crippen LogP contribution in [0.25, 0.3) is 0 Å². The summed E-state index contributed by atoms with van der Waals surface area (Å²) < 4.78 is 0. The van der Waals surface area contributed by atoms with Gasteiger partial charge in [-0.1, -0.05) is 6.07 Å². The summed E-state index contributed by atoms with van der Waals surface area (Å²) >= 11 is 0. The first kappa shape index (κ1) is 12.9. The molecule has 0 spiro atoms. The van der Waals surface area contributed by atoms with E-state index in [1.54, 1.807) is 6.07 Å². The number of carbonyl (C=O) groups is 1. The number of anilines is 1. The minimum absolute atomic E-state index is 0.230. The fourth-order valence-corrected chi connectivity index (χ4v) is 2.58. The summed E-state index contributed by atoms with van der Waals surface area (Å²) in [6, 6.07) is 7.87. The number of hydrogen-bond donors (Lipinski definition) is 1. The molecule has 0 aromatic carbocycles. The summed E-state index contributed by atoms with van der Waals surface area (Å²) in [7, 11) is 0. The predicted molar refractivity (Wildman–Crippen MR) is 75.1 cm³/mol. The highest BCUT2D eigenvalue weighted by atomic mass is 16.2. The summed E-state index contributed by atoms with van der Waals surface area (Å²) in [5.41, 5.74) is 0.451. The molecule has 1 aromatic heterocycles. The first-order chi connectivity index (χ1) is 9.76. The Bertz CT molecular complexity index is 539. The van der Waals surface area contributed by atoms with Gasteiger partial charge in [0.25, 0.3) is 0 Å². The van der Waals surface area contributed by atoms with E-state index in [0.717, 1.165) is 44.6 Å². The van der Waals surface area contributed by atoms with Gasteiger partial charge in [-0.15, -0.1) is 0 Å². The highest BCUT2D eigenvalue weighted by Crippen LogP contribution is 2.29. The molecule has 2 fully saturated rings. The van der Waals surface area contributed by atoms with Crippen molar-refractivity contribution in [1.29, 1.82) is 5.26 Å². The van der Waals surface area contributed by atoms with Crippen LogP contribution in [0.3, 0.4) is 0 Å². The maximum atomic E-state index is 11.7. The van der Waals surface area contributed by atoms with Crippen molar-refractivity contribution in [3.05, 3.63) is 23.9 Å². The van der Waals surface area contributed by atoms with Gasteiger partial charge in [0.05, 0.1) is 0 Å². The largest absolute Gasteiger partial charge is 0.356 e. The first-order valence-electron chi connectivity index (χ1n) is 7.19. The molecular formula is C15H18N4O. The molecular weight excluding hydrogens is 252 g/mol. The van der Waals surface area contributed by atoms with Crippen LogP contribution < -0.4 is 10.2 Å². The zero-order valence-corrected chi connectivity index (χ0v) is 11.4. The standard InChI is InChI=1S/C15H18N4O/c16-10-13-2-1-3-14(17-13)19-8-6-12(7-9-19)18-15(20)11-4-5-11/h1-3,11-12H,4-9H2,(H,18,20). The van der Waals surface area contributed by atoms with Gasteiger partial charge in [-0.25, -0.2) is 4.98 Å². The lowest BCUT2D eigenvalue weighted by molar-refractivity contribution is -0.123. The van der Waals surface area contributed by atoms with Crippen molar-refractivity contribution in [3.8, 4) is 6.07 Å². The average molecular weight is 270 g/mol. The molecule has 1 aliphatic carbocycles. The first-order valence-corrected chi connectivity index (χ1v) is 7.19. The number of nitriles is 1. The zero-order valence-electron chi connectivity index (χ0n) is 11.4. The van der Waals surface area contributed by atoms with Crippen LogP contribution in [0.5, 0.6) is 0 Å². The topological polar surface area (TPSA) is 69.0 Å². The highest BCUT2D eigenvalue weighted by Gasteiger charge is 2.31. The lowest BCUT2D eigenvalue weighted by Crippen LogP contribution is -2.45. The lowest BCUT2D eigenvalue weighted by Gasteiger charge is -2.33. The molecule has 5 nitrogen and oxygen atoms in total. The van der Waals surface area contributed by atoms with Crippen LogP contribution in [0.1, 0.15) is 31.4 Å². The maximum Gasteiger partial charge on any atom is 0.223 e. The lowest BCUT2D eigenvalue weighted by atomic mass is 10.0. The Kier molecular flexibility index (Phi) is 3.55. The Balaban J connectivity index is 1.55. The van der Waals surface area contributed by atoms with Crippen LogP contribution in [0.4, 0.5) is 5.82 Å². The Labute approximate surface area is 118 Å². The van der Waals surface area contributed by atoms with Gasteiger partial charge in [0.15, 0.2) is 0 Å². The number of pyridine rings is 1. The molecule has 0 radical (unpaired) electrons. The van der Waals surface area contributed by atoms with Gasteiger partial charge >= 0.3 is 0 Å². The van der Waals surface area contributed by atoms with Crippen LogP contribution in [-0.2, 0) is 4.79 Å². The van der Waals surface area contributed by atoms with E-state index in [-0.39, 0.29) is 11.8 Å². The smallest absolute Gasteiger partial charge is 0.223 e. The summed E-state index contributed by atoms with van der Waals surface area (Å²) in [5.74, 6) is 1.37. The van der Waals surface area contributed by atoms with Gasteiger partial charge < -0.3 is 10.2 Å². The second-order valence-corrected chi connectivity index (χ2v) is 5.54. The van der Waals surface area contributed by atoms with E-state index in [9.17, 15) is 4.79 Å². The second kappa shape index (κ2) is 5.49. The molecule has 1 N–H and O–H groups in total. The Morgan fingerprint density at radius 2 is 2.05 bits per heavy atom. The van der Waals surface area contributed by atoms with Crippen LogP contribution in [0.2, 0.25) is 0 Å². The van der Waals surface area contributed by atoms with Gasteiger partial charge in [0, 0.05) is 25.0 Å². The van der Waals surface area contributed by atoms with E-state index in [1.165, 1.54) is 0 Å². The number of piperidine rings is 1. The molecule has 1 saturated carbocycles. The molecule has 5 heteroatoms. The van der Waals surface area contributed by atoms with E-state index >= 15 is 0 Å². The average Bonchev–Trinajstić information content (AvgIpc) is 3.33. The van der Waals surface area contributed by atoms with Crippen molar-refractivity contribution in [1.82, 2.24) is 10.3 Å². The molecule has 1 aliphatic heterocycles. The number of carbonyl (C=O) groups excluding carboxylic acids is 1. The molecule has 2 aliphatic rings. The van der Waals surface area contributed by atoms with Crippen LogP contribution in [0, 0.1) is 17.2 Å². The third kappa shape index (κ3) is 2.90. The van der Waals surface area contributed by atoms with E-state index < -0.39 is 0 Å². The number of nitrogens with one attached hydrogen (secondary N) is 1. The van der Waals surface area contributed by atoms with Gasteiger partial charge in [-0.2, -0.15) is 5.26 Å². The minimum Gasteiger partial charge on any atom is -0.356 e. The third-order valence-electron chi connectivity index (χ3n) is 3.96. The molecule has 0 bridgehead atoms. The number of rotatable bonds is 3. The fraction of sp³-hybridized carbons (Fsp3) is 0.533. The van der Waals surface area contributed by atoms with Crippen LogP contribution in [0.15, 0.2) is 18.2 Å². The normalized spacial score (nSPS) is 19.4. The number of amides is 1. The number of hydrogen-bond acceptors (Lipinski definition) is 4. The predicted octanol–water partition coefficient (Wildman–Crippen LogP) is 1.45. The van der Waals surface area contributed by atoms with Crippen molar-refractivity contribution in [2.75, 3.05) is 18.0 Å². The summed E-state index contributed by atoms with van der Waals surface area (Å²) in [6.07, 6.45) is 3.99. The van der Waals surface area contributed by atoms with Crippen molar-refractivity contribution in [2.24, 2.45) is 5.92 Å². The van der Waals surface area contributed by atoms with Gasteiger partial charge in [0.2, 0.25) is 5.91 Å².